The normalized spacial score (nSPS) is 18.6. The number of carboxylic acid groups (broad SMARTS) is 1. The summed E-state index contributed by atoms with van der Waals surface area (Å²) in [4.78, 5) is 22.7. The zero-order valence-corrected chi connectivity index (χ0v) is 10.1. The largest absolute Gasteiger partial charge is 0.478 e. The first kappa shape index (κ1) is 12.6. The Morgan fingerprint density at radius 1 is 1.44 bits per heavy atom. The highest BCUT2D eigenvalue weighted by molar-refractivity contribution is 5.94. The third-order valence-corrected chi connectivity index (χ3v) is 3.03. The molecule has 1 atom stereocenters. The molecular formula is C13H15NO4. The Kier molecular flexibility index (Phi) is 3.62. The van der Waals surface area contributed by atoms with E-state index in [0.29, 0.717) is 18.9 Å². The summed E-state index contributed by atoms with van der Waals surface area (Å²) in [6.07, 6.45) is 0.734. The van der Waals surface area contributed by atoms with Gasteiger partial charge in [-0.15, -0.1) is 0 Å². The topological polar surface area (TPSA) is 75.6 Å². The first-order valence-corrected chi connectivity index (χ1v) is 5.80. The molecule has 0 radical (unpaired) electrons. The fourth-order valence-corrected chi connectivity index (χ4v) is 1.91. The number of rotatable bonds is 3. The number of carboxylic acids is 1. The Morgan fingerprint density at radius 3 is 2.78 bits per heavy atom. The first-order chi connectivity index (χ1) is 8.58. The van der Waals surface area contributed by atoms with Gasteiger partial charge in [0.1, 0.15) is 0 Å². The standard InChI is InChI=1S/C13H15NO4/c1-8-6-9(13(16)17)2-3-11(8)14-12(15)10-4-5-18-7-10/h2-3,6,10H,4-5,7H2,1H3,(H,14,15)(H,16,17). The number of hydrogen-bond donors (Lipinski definition) is 2. The fraction of sp³-hybridized carbons (Fsp3) is 0.385. The maximum Gasteiger partial charge on any atom is 0.335 e. The van der Waals surface area contributed by atoms with E-state index >= 15 is 0 Å². The minimum Gasteiger partial charge on any atom is -0.478 e. The molecule has 0 bridgehead atoms. The average molecular weight is 249 g/mol. The second-order valence-electron chi connectivity index (χ2n) is 4.38. The molecule has 1 unspecified atom stereocenters. The molecule has 1 aliphatic rings. The number of anilines is 1. The van der Waals surface area contributed by atoms with Crippen molar-refractivity contribution in [3.63, 3.8) is 0 Å². The van der Waals surface area contributed by atoms with Crippen molar-refractivity contribution in [1.82, 2.24) is 0 Å². The second-order valence-corrected chi connectivity index (χ2v) is 4.38. The van der Waals surface area contributed by atoms with Crippen LogP contribution in [0.15, 0.2) is 18.2 Å². The van der Waals surface area contributed by atoms with E-state index in [2.05, 4.69) is 5.32 Å². The Bertz CT molecular complexity index is 478. The molecule has 0 saturated carbocycles. The van der Waals surface area contributed by atoms with Crippen LogP contribution < -0.4 is 5.32 Å². The van der Waals surface area contributed by atoms with Gasteiger partial charge in [0.2, 0.25) is 5.91 Å². The highest BCUT2D eigenvalue weighted by Gasteiger charge is 2.23. The molecule has 2 N–H and O–H groups in total. The number of nitrogens with one attached hydrogen (secondary N) is 1. The van der Waals surface area contributed by atoms with Crippen LogP contribution in [-0.2, 0) is 9.53 Å². The van der Waals surface area contributed by atoms with E-state index < -0.39 is 5.97 Å². The number of ether oxygens (including phenoxy) is 1. The van der Waals surface area contributed by atoms with Gasteiger partial charge in [0.05, 0.1) is 18.1 Å². The first-order valence-electron chi connectivity index (χ1n) is 5.80. The van der Waals surface area contributed by atoms with E-state index in [1.807, 2.05) is 0 Å². The SMILES string of the molecule is Cc1cc(C(=O)O)ccc1NC(=O)C1CCOC1. The molecule has 5 heteroatoms. The molecule has 1 amide bonds. The van der Waals surface area contributed by atoms with E-state index in [9.17, 15) is 9.59 Å². The summed E-state index contributed by atoms with van der Waals surface area (Å²) in [6.45, 7) is 2.85. The second kappa shape index (κ2) is 5.18. The maximum atomic E-state index is 11.9. The van der Waals surface area contributed by atoms with Crippen molar-refractivity contribution in [1.29, 1.82) is 0 Å². The molecule has 1 saturated heterocycles. The van der Waals surface area contributed by atoms with Gasteiger partial charge in [0.15, 0.2) is 0 Å². The number of carbonyl (C=O) groups is 2. The zero-order chi connectivity index (χ0) is 13.1. The summed E-state index contributed by atoms with van der Waals surface area (Å²) in [7, 11) is 0. The van der Waals surface area contributed by atoms with Crippen LogP contribution >= 0.6 is 0 Å². The van der Waals surface area contributed by atoms with Gasteiger partial charge in [-0.25, -0.2) is 4.79 Å². The Labute approximate surface area is 105 Å². The van der Waals surface area contributed by atoms with Crippen LogP contribution in [-0.4, -0.2) is 30.2 Å². The van der Waals surface area contributed by atoms with Crippen molar-refractivity contribution >= 4 is 17.6 Å². The number of benzene rings is 1. The van der Waals surface area contributed by atoms with Gasteiger partial charge >= 0.3 is 5.97 Å². The van der Waals surface area contributed by atoms with Gasteiger partial charge in [-0.1, -0.05) is 0 Å². The lowest BCUT2D eigenvalue weighted by atomic mass is 10.1. The van der Waals surface area contributed by atoms with Crippen LogP contribution in [0.25, 0.3) is 0 Å². The van der Waals surface area contributed by atoms with E-state index in [4.69, 9.17) is 9.84 Å². The van der Waals surface area contributed by atoms with E-state index in [1.165, 1.54) is 6.07 Å². The third kappa shape index (κ3) is 2.68. The monoisotopic (exact) mass is 249 g/mol. The molecule has 0 aromatic heterocycles. The quantitative estimate of drug-likeness (QED) is 0.854. The maximum absolute atomic E-state index is 11.9. The molecule has 96 valence electrons. The molecule has 1 heterocycles. The predicted molar refractivity (Wildman–Crippen MR) is 65.7 cm³/mol. The number of aromatic carboxylic acids is 1. The zero-order valence-electron chi connectivity index (χ0n) is 10.1. The minimum absolute atomic E-state index is 0.0707. The van der Waals surface area contributed by atoms with Gasteiger partial charge in [-0.05, 0) is 37.1 Å². The third-order valence-electron chi connectivity index (χ3n) is 3.03. The summed E-state index contributed by atoms with van der Waals surface area (Å²) in [5.41, 5.74) is 1.61. The summed E-state index contributed by atoms with van der Waals surface area (Å²) < 4.78 is 5.16. The molecule has 0 aliphatic carbocycles. The van der Waals surface area contributed by atoms with Gasteiger partial charge < -0.3 is 15.2 Å². The Hall–Kier alpha value is -1.88. The van der Waals surface area contributed by atoms with Gasteiger partial charge in [0.25, 0.3) is 0 Å². The lowest BCUT2D eigenvalue weighted by Crippen LogP contribution is -2.23. The van der Waals surface area contributed by atoms with Crippen molar-refractivity contribution < 1.29 is 19.4 Å². The molecule has 5 nitrogen and oxygen atoms in total. The van der Waals surface area contributed by atoms with E-state index in [1.54, 1.807) is 19.1 Å². The molecule has 0 spiro atoms. The van der Waals surface area contributed by atoms with E-state index in [0.717, 1.165) is 12.0 Å². The van der Waals surface area contributed by atoms with E-state index in [-0.39, 0.29) is 17.4 Å². The molecule has 1 aromatic carbocycles. The van der Waals surface area contributed by atoms with Crippen molar-refractivity contribution in [3.05, 3.63) is 29.3 Å². The van der Waals surface area contributed by atoms with Crippen LogP contribution in [0.3, 0.4) is 0 Å². The highest BCUT2D eigenvalue weighted by Crippen LogP contribution is 2.20. The Balaban J connectivity index is 2.09. The van der Waals surface area contributed by atoms with Crippen molar-refractivity contribution in [2.24, 2.45) is 5.92 Å². The van der Waals surface area contributed by atoms with Crippen LogP contribution in [0.1, 0.15) is 22.3 Å². The molecule has 1 aliphatic heterocycles. The average Bonchev–Trinajstić information content (AvgIpc) is 2.85. The number of hydrogen-bond acceptors (Lipinski definition) is 3. The Morgan fingerprint density at radius 2 is 2.22 bits per heavy atom. The van der Waals surface area contributed by atoms with Crippen molar-refractivity contribution in [2.75, 3.05) is 18.5 Å². The fourth-order valence-electron chi connectivity index (χ4n) is 1.91. The smallest absolute Gasteiger partial charge is 0.335 e. The van der Waals surface area contributed by atoms with Gasteiger partial charge in [0, 0.05) is 12.3 Å². The van der Waals surface area contributed by atoms with Crippen LogP contribution in [0.4, 0.5) is 5.69 Å². The van der Waals surface area contributed by atoms with Crippen molar-refractivity contribution in [3.8, 4) is 0 Å². The van der Waals surface area contributed by atoms with Crippen LogP contribution in [0, 0.1) is 12.8 Å². The molecule has 2 rings (SSSR count). The molecule has 1 aromatic rings. The lowest BCUT2D eigenvalue weighted by molar-refractivity contribution is -0.119. The summed E-state index contributed by atoms with van der Waals surface area (Å²) in [6, 6.07) is 4.64. The van der Waals surface area contributed by atoms with Gasteiger partial charge in [-0.2, -0.15) is 0 Å². The molecule has 1 fully saturated rings. The predicted octanol–water partition coefficient (Wildman–Crippen LogP) is 1.67. The van der Waals surface area contributed by atoms with Gasteiger partial charge in [-0.3, -0.25) is 4.79 Å². The number of amides is 1. The van der Waals surface area contributed by atoms with Crippen molar-refractivity contribution in [2.45, 2.75) is 13.3 Å². The molecule has 18 heavy (non-hydrogen) atoms. The highest BCUT2D eigenvalue weighted by atomic mass is 16.5. The molecular weight excluding hydrogens is 234 g/mol. The summed E-state index contributed by atoms with van der Waals surface area (Å²) in [5.74, 6) is -1.15. The van der Waals surface area contributed by atoms with Crippen LogP contribution in [0.5, 0.6) is 0 Å². The summed E-state index contributed by atoms with van der Waals surface area (Å²) >= 11 is 0. The minimum atomic E-state index is -0.972. The lowest BCUT2D eigenvalue weighted by Gasteiger charge is -2.12. The number of carbonyl (C=O) groups excluding carboxylic acids is 1. The van der Waals surface area contributed by atoms with Crippen LogP contribution in [0.2, 0.25) is 0 Å². The number of aryl methyl sites for hydroxylation is 1. The summed E-state index contributed by atoms with van der Waals surface area (Å²) in [5, 5.41) is 11.7.